The van der Waals surface area contributed by atoms with Crippen LogP contribution in [0.5, 0.6) is 0 Å². The molecule has 1 fully saturated rings. The molecule has 18 heavy (non-hydrogen) atoms. The van der Waals surface area contributed by atoms with Gasteiger partial charge in [0, 0.05) is 5.92 Å². The molecule has 0 aromatic carbocycles. The molecule has 1 amide bonds. The minimum atomic E-state index is -0.510. The molecule has 1 aliphatic carbocycles. The van der Waals surface area contributed by atoms with Gasteiger partial charge in [0.2, 0.25) is 0 Å². The number of halogens is 1. The van der Waals surface area contributed by atoms with Gasteiger partial charge in [-0.15, -0.1) is 0 Å². The van der Waals surface area contributed by atoms with E-state index in [2.05, 4.69) is 10.3 Å². The number of nitrogens with zero attached hydrogens (tertiary/aromatic N) is 1. The third-order valence-electron chi connectivity index (χ3n) is 2.49. The summed E-state index contributed by atoms with van der Waals surface area (Å²) >= 11 is 5.88. The van der Waals surface area contributed by atoms with Gasteiger partial charge in [0.25, 0.3) is 0 Å². The predicted molar refractivity (Wildman–Crippen MR) is 71.1 cm³/mol. The average Bonchev–Trinajstić information content (AvgIpc) is 3.01. The fraction of sp³-hybridized carbons (Fsp3) is 0.538. The van der Waals surface area contributed by atoms with E-state index in [1.54, 1.807) is 12.1 Å². The van der Waals surface area contributed by atoms with E-state index in [-0.39, 0.29) is 0 Å². The largest absolute Gasteiger partial charge is 0.444 e. The Labute approximate surface area is 112 Å². The van der Waals surface area contributed by atoms with Gasteiger partial charge >= 0.3 is 6.09 Å². The molecule has 0 radical (unpaired) electrons. The number of ether oxygens (including phenoxy) is 1. The highest BCUT2D eigenvalue weighted by atomic mass is 35.5. The summed E-state index contributed by atoms with van der Waals surface area (Å²) in [4.78, 5) is 16.0. The molecule has 0 bridgehead atoms. The van der Waals surface area contributed by atoms with E-state index in [4.69, 9.17) is 16.3 Å². The summed E-state index contributed by atoms with van der Waals surface area (Å²) in [6, 6.07) is 3.44. The van der Waals surface area contributed by atoms with Crippen LogP contribution in [0.25, 0.3) is 0 Å². The van der Waals surface area contributed by atoms with Crippen LogP contribution in [0, 0.1) is 0 Å². The highest BCUT2D eigenvalue weighted by Crippen LogP contribution is 2.42. The van der Waals surface area contributed by atoms with E-state index in [1.165, 1.54) is 0 Å². The van der Waals surface area contributed by atoms with Crippen LogP contribution in [0.15, 0.2) is 12.1 Å². The Kier molecular flexibility index (Phi) is 3.48. The lowest BCUT2D eigenvalue weighted by Crippen LogP contribution is -2.27. The first-order valence-electron chi connectivity index (χ1n) is 6.01. The maximum absolute atomic E-state index is 11.7. The van der Waals surface area contributed by atoms with Crippen LogP contribution in [0.1, 0.15) is 45.2 Å². The Bertz CT molecular complexity index is 465. The van der Waals surface area contributed by atoms with Crippen molar-refractivity contribution in [1.29, 1.82) is 0 Å². The van der Waals surface area contributed by atoms with Gasteiger partial charge < -0.3 is 4.74 Å². The Balaban J connectivity index is 2.11. The van der Waals surface area contributed by atoms with Crippen molar-refractivity contribution in [1.82, 2.24) is 4.98 Å². The first-order chi connectivity index (χ1) is 8.35. The molecule has 1 aromatic rings. The van der Waals surface area contributed by atoms with Crippen molar-refractivity contribution in [3.05, 3.63) is 23.0 Å². The second-order valence-electron chi connectivity index (χ2n) is 5.47. The highest BCUT2D eigenvalue weighted by Gasteiger charge is 2.29. The fourth-order valence-electron chi connectivity index (χ4n) is 1.64. The van der Waals surface area contributed by atoms with Crippen LogP contribution in [-0.2, 0) is 4.74 Å². The molecular weight excluding hydrogens is 252 g/mol. The van der Waals surface area contributed by atoms with Crippen molar-refractivity contribution in [2.24, 2.45) is 0 Å². The molecule has 1 aliphatic rings. The quantitative estimate of drug-likeness (QED) is 0.826. The van der Waals surface area contributed by atoms with Crippen molar-refractivity contribution in [2.75, 3.05) is 5.32 Å². The molecule has 1 heterocycles. The lowest BCUT2D eigenvalue weighted by atomic mass is 10.2. The number of pyridine rings is 1. The van der Waals surface area contributed by atoms with Crippen LogP contribution in [0.4, 0.5) is 10.5 Å². The second-order valence-corrected chi connectivity index (χ2v) is 5.86. The van der Waals surface area contributed by atoms with Gasteiger partial charge in [-0.3, -0.25) is 5.32 Å². The molecular formula is C13H17ClN2O2. The lowest BCUT2D eigenvalue weighted by molar-refractivity contribution is 0.0635. The van der Waals surface area contributed by atoms with E-state index < -0.39 is 11.7 Å². The maximum Gasteiger partial charge on any atom is 0.412 e. The summed E-state index contributed by atoms with van der Waals surface area (Å²) in [5.41, 5.74) is 1.04. The smallest absolute Gasteiger partial charge is 0.412 e. The molecule has 2 rings (SSSR count). The topological polar surface area (TPSA) is 51.2 Å². The first-order valence-corrected chi connectivity index (χ1v) is 6.39. The number of carbonyl (C=O) groups is 1. The van der Waals surface area contributed by atoms with Crippen molar-refractivity contribution < 1.29 is 9.53 Å². The van der Waals surface area contributed by atoms with Crippen LogP contribution in [0.2, 0.25) is 5.15 Å². The molecule has 0 atom stereocenters. The number of aromatic nitrogens is 1. The van der Waals surface area contributed by atoms with Crippen LogP contribution < -0.4 is 5.32 Å². The van der Waals surface area contributed by atoms with Crippen LogP contribution in [-0.4, -0.2) is 16.7 Å². The highest BCUT2D eigenvalue weighted by molar-refractivity contribution is 6.29. The molecule has 0 saturated heterocycles. The maximum atomic E-state index is 11.7. The molecule has 1 aromatic heterocycles. The molecule has 0 spiro atoms. The monoisotopic (exact) mass is 268 g/mol. The third kappa shape index (κ3) is 3.60. The minimum absolute atomic E-state index is 0.411. The number of anilines is 1. The third-order valence-corrected chi connectivity index (χ3v) is 2.70. The van der Waals surface area contributed by atoms with Gasteiger partial charge in [-0.2, -0.15) is 0 Å². The zero-order valence-corrected chi connectivity index (χ0v) is 11.5. The van der Waals surface area contributed by atoms with Crippen LogP contribution in [0.3, 0.4) is 0 Å². The van der Waals surface area contributed by atoms with Crippen molar-refractivity contribution in [3.8, 4) is 0 Å². The summed E-state index contributed by atoms with van der Waals surface area (Å²) in [5, 5.41) is 3.18. The summed E-state index contributed by atoms with van der Waals surface area (Å²) in [5.74, 6) is 0.411. The van der Waals surface area contributed by atoms with Crippen molar-refractivity contribution in [2.45, 2.75) is 45.1 Å². The fourth-order valence-corrected chi connectivity index (χ4v) is 1.79. The van der Waals surface area contributed by atoms with Gasteiger partial charge in [-0.25, -0.2) is 9.78 Å². The predicted octanol–water partition coefficient (Wildman–Crippen LogP) is 3.96. The summed E-state index contributed by atoms with van der Waals surface area (Å²) in [6.45, 7) is 5.48. The SMILES string of the molecule is CC(C)(C)OC(=O)Nc1ccc(Cl)nc1C1CC1. The van der Waals surface area contributed by atoms with Gasteiger partial charge in [0.15, 0.2) is 0 Å². The number of hydrogen-bond acceptors (Lipinski definition) is 3. The van der Waals surface area contributed by atoms with Crippen molar-refractivity contribution in [3.63, 3.8) is 0 Å². The summed E-state index contributed by atoms with van der Waals surface area (Å²) < 4.78 is 5.22. The molecule has 0 aliphatic heterocycles. The van der Waals surface area contributed by atoms with E-state index >= 15 is 0 Å². The Morgan fingerprint density at radius 1 is 1.44 bits per heavy atom. The summed E-state index contributed by atoms with van der Waals surface area (Å²) in [6.07, 6.45) is 1.72. The van der Waals surface area contributed by atoms with E-state index in [0.717, 1.165) is 18.5 Å². The normalized spacial score (nSPS) is 15.3. The zero-order valence-electron chi connectivity index (χ0n) is 10.8. The van der Waals surface area contributed by atoms with Gasteiger partial charge in [0.1, 0.15) is 10.8 Å². The lowest BCUT2D eigenvalue weighted by Gasteiger charge is -2.20. The molecule has 5 heteroatoms. The van der Waals surface area contributed by atoms with E-state index in [0.29, 0.717) is 16.8 Å². The first kappa shape index (κ1) is 13.1. The number of rotatable bonds is 2. The van der Waals surface area contributed by atoms with Crippen LogP contribution >= 0.6 is 11.6 Å². The number of hydrogen-bond donors (Lipinski definition) is 1. The van der Waals surface area contributed by atoms with Crippen molar-refractivity contribution >= 4 is 23.4 Å². The van der Waals surface area contributed by atoms with Gasteiger partial charge in [0.05, 0.1) is 11.4 Å². The summed E-state index contributed by atoms with van der Waals surface area (Å²) in [7, 11) is 0. The average molecular weight is 269 g/mol. The van der Waals surface area contributed by atoms with E-state index in [9.17, 15) is 4.79 Å². The van der Waals surface area contributed by atoms with Gasteiger partial charge in [-0.1, -0.05) is 11.6 Å². The Hall–Kier alpha value is -1.29. The molecule has 1 N–H and O–H groups in total. The molecule has 0 unspecified atom stereocenters. The zero-order chi connectivity index (χ0) is 13.3. The minimum Gasteiger partial charge on any atom is -0.444 e. The molecule has 4 nitrogen and oxygen atoms in total. The Morgan fingerprint density at radius 3 is 2.67 bits per heavy atom. The second kappa shape index (κ2) is 4.76. The molecule has 98 valence electrons. The standard InChI is InChI=1S/C13H17ClN2O2/c1-13(2,3)18-12(17)15-9-6-7-10(14)16-11(9)8-4-5-8/h6-8H,4-5H2,1-3H3,(H,15,17). The number of amides is 1. The number of carbonyl (C=O) groups excluding carboxylic acids is 1. The number of nitrogens with one attached hydrogen (secondary N) is 1. The van der Waals surface area contributed by atoms with Gasteiger partial charge in [-0.05, 0) is 45.7 Å². The van der Waals surface area contributed by atoms with E-state index in [1.807, 2.05) is 20.8 Å². The Morgan fingerprint density at radius 2 is 2.11 bits per heavy atom. The molecule has 1 saturated carbocycles.